The second-order valence-electron chi connectivity index (χ2n) is 7.58. The van der Waals surface area contributed by atoms with Crippen LogP contribution in [0.5, 0.6) is 0 Å². The highest BCUT2D eigenvalue weighted by Crippen LogP contribution is 2.37. The van der Waals surface area contributed by atoms with Crippen molar-refractivity contribution < 1.29 is 14.1 Å². The van der Waals surface area contributed by atoms with Gasteiger partial charge in [0.15, 0.2) is 0 Å². The molecule has 0 aromatic carbocycles. The van der Waals surface area contributed by atoms with Gasteiger partial charge in [-0.15, -0.1) is 0 Å². The molecule has 3 aliphatic heterocycles. The van der Waals surface area contributed by atoms with Gasteiger partial charge in [0.1, 0.15) is 5.76 Å². The SMILES string of the molecule is Cc1noc(C)c1CN1C[C@H]2[C@H](CC(=O)N3CCCC3)CO[C@H]2C1. The number of aryl methyl sites for hydroxylation is 2. The monoisotopic (exact) mass is 333 g/mol. The number of amides is 1. The molecular weight excluding hydrogens is 306 g/mol. The highest BCUT2D eigenvalue weighted by Gasteiger charge is 2.44. The summed E-state index contributed by atoms with van der Waals surface area (Å²) in [4.78, 5) is 16.9. The molecule has 1 aromatic rings. The molecular formula is C18H27N3O3. The molecule has 132 valence electrons. The zero-order chi connectivity index (χ0) is 16.7. The molecule has 3 aliphatic rings. The lowest BCUT2D eigenvalue weighted by Crippen LogP contribution is -2.32. The lowest BCUT2D eigenvalue weighted by atomic mass is 9.90. The predicted octanol–water partition coefficient (Wildman–Crippen LogP) is 1.75. The molecule has 3 atom stereocenters. The molecule has 0 radical (unpaired) electrons. The molecule has 4 rings (SSSR count). The van der Waals surface area contributed by atoms with Gasteiger partial charge in [0.25, 0.3) is 0 Å². The van der Waals surface area contributed by atoms with Crippen molar-refractivity contribution in [2.75, 3.05) is 32.8 Å². The number of aromatic nitrogens is 1. The molecule has 6 nitrogen and oxygen atoms in total. The summed E-state index contributed by atoms with van der Waals surface area (Å²) in [5.41, 5.74) is 2.17. The first kappa shape index (κ1) is 16.1. The number of nitrogens with zero attached hydrogens (tertiary/aromatic N) is 3. The molecule has 0 spiro atoms. The van der Waals surface area contributed by atoms with Crippen LogP contribution >= 0.6 is 0 Å². The molecule has 3 fully saturated rings. The lowest BCUT2D eigenvalue weighted by Gasteiger charge is -2.22. The number of fused-ring (bicyclic) bond motifs is 1. The van der Waals surface area contributed by atoms with Gasteiger partial charge in [-0.2, -0.15) is 0 Å². The standard InChI is InChI=1S/C18H27N3O3/c1-12-15(13(2)24-19-12)8-20-9-16-14(11-23-17(16)10-20)7-18(22)21-5-3-4-6-21/h14,16-17H,3-11H2,1-2H3/t14-,16+,17+/m1/s1. The summed E-state index contributed by atoms with van der Waals surface area (Å²) in [6, 6.07) is 0. The fourth-order valence-electron chi connectivity index (χ4n) is 4.49. The Labute approximate surface area is 143 Å². The number of hydrogen-bond donors (Lipinski definition) is 0. The molecule has 1 aromatic heterocycles. The number of carbonyl (C=O) groups excluding carboxylic acids is 1. The van der Waals surface area contributed by atoms with Crippen LogP contribution in [0.1, 0.15) is 36.3 Å². The Bertz CT molecular complexity index is 589. The predicted molar refractivity (Wildman–Crippen MR) is 88.4 cm³/mol. The van der Waals surface area contributed by atoms with Crippen LogP contribution in [-0.4, -0.2) is 59.8 Å². The maximum absolute atomic E-state index is 12.5. The Morgan fingerprint density at radius 1 is 1.25 bits per heavy atom. The van der Waals surface area contributed by atoms with Gasteiger partial charge in [-0.1, -0.05) is 5.16 Å². The molecule has 1 amide bonds. The summed E-state index contributed by atoms with van der Waals surface area (Å²) >= 11 is 0. The van der Waals surface area contributed by atoms with E-state index < -0.39 is 0 Å². The van der Waals surface area contributed by atoms with E-state index in [1.165, 1.54) is 5.56 Å². The minimum absolute atomic E-state index is 0.279. The number of ether oxygens (including phenoxy) is 1. The average Bonchev–Trinajstić information content (AvgIpc) is 3.31. The maximum atomic E-state index is 12.5. The smallest absolute Gasteiger partial charge is 0.222 e. The second-order valence-corrected chi connectivity index (χ2v) is 7.58. The topological polar surface area (TPSA) is 58.8 Å². The molecule has 0 bridgehead atoms. The quantitative estimate of drug-likeness (QED) is 0.840. The van der Waals surface area contributed by atoms with Crippen molar-refractivity contribution in [1.82, 2.24) is 15.0 Å². The van der Waals surface area contributed by atoms with Crippen LogP contribution in [0.3, 0.4) is 0 Å². The minimum Gasteiger partial charge on any atom is -0.376 e. The van der Waals surface area contributed by atoms with Gasteiger partial charge in [-0.25, -0.2) is 0 Å². The van der Waals surface area contributed by atoms with Gasteiger partial charge >= 0.3 is 0 Å². The highest BCUT2D eigenvalue weighted by molar-refractivity contribution is 5.76. The summed E-state index contributed by atoms with van der Waals surface area (Å²) in [7, 11) is 0. The molecule has 4 heterocycles. The van der Waals surface area contributed by atoms with Gasteiger partial charge in [0.2, 0.25) is 5.91 Å². The Morgan fingerprint density at radius 2 is 2.04 bits per heavy atom. The zero-order valence-electron chi connectivity index (χ0n) is 14.7. The van der Waals surface area contributed by atoms with E-state index in [9.17, 15) is 4.79 Å². The third kappa shape index (κ3) is 2.97. The zero-order valence-corrected chi connectivity index (χ0v) is 14.7. The van der Waals surface area contributed by atoms with Crippen LogP contribution in [0.15, 0.2) is 4.52 Å². The van der Waals surface area contributed by atoms with E-state index in [4.69, 9.17) is 9.26 Å². The van der Waals surface area contributed by atoms with Crippen molar-refractivity contribution in [3.63, 3.8) is 0 Å². The first-order valence-corrected chi connectivity index (χ1v) is 9.15. The van der Waals surface area contributed by atoms with Crippen LogP contribution in [0.25, 0.3) is 0 Å². The van der Waals surface area contributed by atoms with Crippen molar-refractivity contribution in [2.45, 2.75) is 45.8 Å². The molecule has 6 heteroatoms. The highest BCUT2D eigenvalue weighted by atomic mass is 16.5. The molecule has 0 N–H and O–H groups in total. The van der Waals surface area contributed by atoms with Crippen molar-refractivity contribution >= 4 is 5.91 Å². The summed E-state index contributed by atoms with van der Waals surface area (Å²) in [5, 5.41) is 4.05. The van der Waals surface area contributed by atoms with Crippen LogP contribution in [0.2, 0.25) is 0 Å². The Kier molecular flexibility index (Phi) is 4.35. The maximum Gasteiger partial charge on any atom is 0.222 e. The van der Waals surface area contributed by atoms with E-state index in [-0.39, 0.29) is 6.10 Å². The molecule has 0 aliphatic carbocycles. The van der Waals surface area contributed by atoms with Gasteiger partial charge in [0, 0.05) is 50.6 Å². The average molecular weight is 333 g/mol. The van der Waals surface area contributed by atoms with Crippen molar-refractivity contribution in [3.05, 3.63) is 17.0 Å². The Balaban J connectivity index is 1.35. The van der Waals surface area contributed by atoms with E-state index in [0.717, 1.165) is 63.6 Å². The minimum atomic E-state index is 0.279. The van der Waals surface area contributed by atoms with Crippen molar-refractivity contribution in [3.8, 4) is 0 Å². The normalized spacial score (nSPS) is 30.2. The van der Waals surface area contributed by atoms with Gasteiger partial charge in [0.05, 0.1) is 18.4 Å². The third-order valence-electron chi connectivity index (χ3n) is 5.97. The summed E-state index contributed by atoms with van der Waals surface area (Å²) < 4.78 is 11.3. The van der Waals surface area contributed by atoms with E-state index in [1.807, 2.05) is 18.7 Å². The Morgan fingerprint density at radius 3 is 2.75 bits per heavy atom. The van der Waals surface area contributed by atoms with Crippen LogP contribution < -0.4 is 0 Å². The van der Waals surface area contributed by atoms with Gasteiger partial charge < -0.3 is 14.2 Å². The number of rotatable bonds is 4. The fourth-order valence-corrected chi connectivity index (χ4v) is 4.49. The van der Waals surface area contributed by atoms with E-state index in [1.54, 1.807) is 0 Å². The number of likely N-dealkylation sites (tertiary alicyclic amines) is 2. The van der Waals surface area contributed by atoms with Crippen LogP contribution in [-0.2, 0) is 16.1 Å². The van der Waals surface area contributed by atoms with E-state index in [2.05, 4.69) is 10.1 Å². The van der Waals surface area contributed by atoms with Crippen molar-refractivity contribution in [1.29, 1.82) is 0 Å². The number of carbonyl (C=O) groups is 1. The molecule has 24 heavy (non-hydrogen) atoms. The lowest BCUT2D eigenvalue weighted by molar-refractivity contribution is -0.131. The largest absolute Gasteiger partial charge is 0.376 e. The summed E-state index contributed by atoms with van der Waals surface area (Å²) in [6.45, 7) is 9.42. The van der Waals surface area contributed by atoms with Crippen LogP contribution in [0.4, 0.5) is 0 Å². The summed E-state index contributed by atoms with van der Waals surface area (Å²) in [5.74, 6) is 2.09. The van der Waals surface area contributed by atoms with E-state index in [0.29, 0.717) is 24.2 Å². The van der Waals surface area contributed by atoms with Gasteiger partial charge in [-0.05, 0) is 32.6 Å². The number of hydrogen-bond acceptors (Lipinski definition) is 5. The Hall–Kier alpha value is -1.40. The third-order valence-corrected chi connectivity index (χ3v) is 5.97. The van der Waals surface area contributed by atoms with Crippen LogP contribution in [0, 0.1) is 25.7 Å². The van der Waals surface area contributed by atoms with Crippen molar-refractivity contribution in [2.24, 2.45) is 11.8 Å². The second kappa shape index (κ2) is 6.48. The van der Waals surface area contributed by atoms with E-state index >= 15 is 0 Å². The summed E-state index contributed by atoms with van der Waals surface area (Å²) in [6.07, 6.45) is 3.25. The first-order chi connectivity index (χ1) is 11.6. The molecule has 0 saturated carbocycles. The molecule has 0 unspecified atom stereocenters. The molecule has 3 saturated heterocycles. The fraction of sp³-hybridized carbons (Fsp3) is 0.778. The van der Waals surface area contributed by atoms with Gasteiger partial charge in [-0.3, -0.25) is 9.69 Å². The first-order valence-electron chi connectivity index (χ1n) is 9.15.